The lowest BCUT2D eigenvalue weighted by Gasteiger charge is -2.30. The molecule has 1 aromatic rings. The van der Waals surface area contributed by atoms with Crippen molar-refractivity contribution in [1.29, 1.82) is 0 Å². The average Bonchev–Trinajstić information content (AvgIpc) is 3.19. The Bertz CT molecular complexity index is 918. The summed E-state index contributed by atoms with van der Waals surface area (Å²) in [6.45, 7) is 3.83. The highest BCUT2D eigenvalue weighted by Gasteiger charge is 2.52. The second kappa shape index (κ2) is 8.75. The van der Waals surface area contributed by atoms with E-state index in [4.69, 9.17) is 0 Å². The van der Waals surface area contributed by atoms with Crippen molar-refractivity contribution >= 4 is 27.7 Å². The first-order chi connectivity index (χ1) is 14.2. The molecule has 3 rings (SSSR count). The van der Waals surface area contributed by atoms with Gasteiger partial charge in [0.2, 0.25) is 5.91 Å². The minimum Gasteiger partial charge on any atom is -0.337 e. The minimum atomic E-state index is -3.16. The first kappa shape index (κ1) is 22.3. The molecule has 2 saturated heterocycles. The Morgan fingerprint density at radius 2 is 1.90 bits per heavy atom. The summed E-state index contributed by atoms with van der Waals surface area (Å²) in [6, 6.07) is 8.05. The first-order valence-electron chi connectivity index (χ1n) is 10.4. The lowest BCUT2D eigenvalue weighted by molar-refractivity contribution is -0.140. The van der Waals surface area contributed by atoms with E-state index in [1.54, 1.807) is 12.1 Å². The normalized spacial score (nSPS) is 25.4. The van der Waals surface area contributed by atoms with Crippen LogP contribution in [0.1, 0.15) is 45.1 Å². The molecule has 1 N–H and O–H groups in total. The van der Waals surface area contributed by atoms with Gasteiger partial charge in [0.1, 0.15) is 12.1 Å². The molecule has 2 fully saturated rings. The standard InChI is InChI=1S/C21H29N3O5S/c1-3-11-21(16-8-6-5-7-9-16)19(26)24(20(27)22-21)14-18(25)23(12-4-2)17-10-13-30(28,29)15-17/h5-9,17H,3-4,10-15H2,1-2H3,(H,22,27). The van der Waals surface area contributed by atoms with Crippen molar-refractivity contribution in [2.45, 2.75) is 51.1 Å². The maximum Gasteiger partial charge on any atom is 0.325 e. The fourth-order valence-electron chi connectivity index (χ4n) is 4.38. The van der Waals surface area contributed by atoms with Gasteiger partial charge in [-0.3, -0.25) is 14.5 Å². The van der Waals surface area contributed by atoms with Gasteiger partial charge in [0.25, 0.3) is 5.91 Å². The Kier molecular flexibility index (Phi) is 6.50. The lowest BCUT2D eigenvalue weighted by atomic mass is 9.85. The molecule has 0 bridgehead atoms. The summed E-state index contributed by atoms with van der Waals surface area (Å²) < 4.78 is 23.7. The molecule has 0 radical (unpaired) electrons. The van der Waals surface area contributed by atoms with Gasteiger partial charge in [-0.15, -0.1) is 0 Å². The molecule has 30 heavy (non-hydrogen) atoms. The zero-order chi connectivity index (χ0) is 21.9. The maximum atomic E-state index is 13.3. The molecule has 2 aliphatic rings. The van der Waals surface area contributed by atoms with Crippen LogP contribution in [0.5, 0.6) is 0 Å². The fourth-order valence-corrected chi connectivity index (χ4v) is 6.11. The average molecular weight is 436 g/mol. The number of imide groups is 1. The lowest BCUT2D eigenvalue weighted by Crippen LogP contribution is -2.49. The van der Waals surface area contributed by atoms with Crippen LogP contribution < -0.4 is 5.32 Å². The van der Waals surface area contributed by atoms with Crippen molar-refractivity contribution in [3.63, 3.8) is 0 Å². The highest BCUT2D eigenvalue weighted by Crippen LogP contribution is 2.33. The van der Waals surface area contributed by atoms with Gasteiger partial charge in [-0.1, -0.05) is 50.6 Å². The van der Waals surface area contributed by atoms with Gasteiger partial charge in [-0.2, -0.15) is 0 Å². The Labute approximate surface area is 177 Å². The fraction of sp³-hybridized carbons (Fsp3) is 0.571. The second-order valence-corrected chi connectivity index (χ2v) is 10.2. The van der Waals surface area contributed by atoms with Crippen LogP contribution in [0.4, 0.5) is 4.79 Å². The number of carbonyl (C=O) groups excluding carboxylic acids is 3. The number of urea groups is 1. The molecule has 2 unspecified atom stereocenters. The van der Waals surface area contributed by atoms with E-state index in [1.165, 1.54) is 4.90 Å². The molecular weight excluding hydrogens is 406 g/mol. The van der Waals surface area contributed by atoms with Gasteiger partial charge < -0.3 is 10.2 Å². The molecule has 2 atom stereocenters. The molecule has 0 aromatic heterocycles. The van der Waals surface area contributed by atoms with Crippen LogP contribution in [0.2, 0.25) is 0 Å². The molecule has 2 heterocycles. The molecule has 9 heteroatoms. The van der Waals surface area contributed by atoms with Gasteiger partial charge in [0.05, 0.1) is 11.5 Å². The summed E-state index contributed by atoms with van der Waals surface area (Å²) in [5.74, 6) is -0.850. The Morgan fingerprint density at radius 1 is 1.20 bits per heavy atom. The van der Waals surface area contributed by atoms with Gasteiger partial charge in [-0.25, -0.2) is 13.2 Å². The molecule has 1 aromatic carbocycles. The largest absolute Gasteiger partial charge is 0.337 e. The zero-order valence-electron chi connectivity index (χ0n) is 17.5. The van der Waals surface area contributed by atoms with Crippen LogP contribution >= 0.6 is 0 Å². The highest BCUT2D eigenvalue weighted by atomic mass is 32.2. The topological polar surface area (TPSA) is 104 Å². The molecule has 8 nitrogen and oxygen atoms in total. The number of nitrogens with zero attached hydrogens (tertiary/aromatic N) is 2. The minimum absolute atomic E-state index is 0.0575. The van der Waals surface area contributed by atoms with E-state index in [2.05, 4.69) is 5.32 Å². The van der Waals surface area contributed by atoms with Gasteiger partial charge >= 0.3 is 6.03 Å². The van der Waals surface area contributed by atoms with E-state index >= 15 is 0 Å². The van der Waals surface area contributed by atoms with Crippen LogP contribution in [-0.2, 0) is 25.0 Å². The molecule has 0 spiro atoms. The Morgan fingerprint density at radius 3 is 2.47 bits per heavy atom. The summed E-state index contributed by atoms with van der Waals surface area (Å²) in [7, 11) is -3.16. The van der Waals surface area contributed by atoms with Crippen LogP contribution in [0, 0.1) is 0 Å². The number of amides is 4. The van der Waals surface area contributed by atoms with E-state index in [1.807, 2.05) is 32.0 Å². The van der Waals surface area contributed by atoms with Crippen LogP contribution in [-0.4, -0.2) is 66.7 Å². The van der Waals surface area contributed by atoms with Crippen molar-refractivity contribution in [2.75, 3.05) is 24.6 Å². The smallest absolute Gasteiger partial charge is 0.325 e. The third kappa shape index (κ3) is 4.21. The van der Waals surface area contributed by atoms with Crippen molar-refractivity contribution in [3.8, 4) is 0 Å². The number of rotatable bonds is 8. The summed E-state index contributed by atoms with van der Waals surface area (Å²) in [5, 5.41) is 2.81. The van der Waals surface area contributed by atoms with Crippen molar-refractivity contribution < 1.29 is 22.8 Å². The highest BCUT2D eigenvalue weighted by molar-refractivity contribution is 7.91. The molecule has 2 aliphatic heterocycles. The summed E-state index contributed by atoms with van der Waals surface area (Å²) in [4.78, 5) is 41.6. The van der Waals surface area contributed by atoms with Crippen molar-refractivity contribution in [1.82, 2.24) is 15.1 Å². The number of carbonyl (C=O) groups is 3. The van der Waals surface area contributed by atoms with E-state index in [0.29, 0.717) is 37.8 Å². The number of benzene rings is 1. The summed E-state index contributed by atoms with van der Waals surface area (Å²) in [6.07, 6.45) is 2.14. The van der Waals surface area contributed by atoms with Crippen LogP contribution in [0.15, 0.2) is 30.3 Å². The van der Waals surface area contributed by atoms with Crippen molar-refractivity contribution in [2.24, 2.45) is 0 Å². The molecule has 164 valence electrons. The molecule has 0 aliphatic carbocycles. The molecule has 4 amide bonds. The number of sulfone groups is 1. The first-order valence-corrected chi connectivity index (χ1v) is 12.3. The van der Waals surface area contributed by atoms with E-state index in [9.17, 15) is 22.8 Å². The van der Waals surface area contributed by atoms with Crippen molar-refractivity contribution in [3.05, 3.63) is 35.9 Å². The third-order valence-electron chi connectivity index (χ3n) is 5.79. The SMILES string of the molecule is CCCN(C(=O)CN1C(=O)NC(CCC)(c2ccccc2)C1=O)C1CCS(=O)(=O)C1. The van der Waals surface area contributed by atoms with Gasteiger partial charge in [0.15, 0.2) is 9.84 Å². The predicted octanol–water partition coefficient (Wildman–Crippen LogP) is 1.66. The maximum absolute atomic E-state index is 13.3. The van der Waals surface area contributed by atoms with Gasteiger partial charge in [0, 0.05) is 12.6 Å². The number of hydrogen-bond acceptors (Lipinski definition) is 5. The monoisotopic (exact) mass is 435 g/mol. The quantitative estimate of drug-likeness (QED) is 0.626. The number of nitrogens with one attached hydrogen (secondary N) is 1. The van der Waals surface area contributed by atoms with E-state index < -0.39 is 39.3 Å². The van der Waals surface area contributed by atoms with Crippen LogP contribution in [0.25, 0.3) is 0 Å². The molecule has 0 saturated carbocycles. The predicted molar refractivity (Wildman–Crippen MR) is 112 cm³/mol. The number of hydrogen-bond donors (Lipinski definition) is 1. The Balaban J connectivity index is 1.82. The van der Waals surface area contributed by atoms with E-state index in [0.717, 1.165) is 4.90 Å². The van der Waals surface area contributed by atoms with E-state index in [-0.39, 0.29) is 18.1 Å². The second-order valence-electron chi connectivity index (χ2n) is 7.99. The molecular formula is C21H29N3O5S. The zero-order valence-corrected chi connectivity index (χ0v) is 18.3. The van der Waals surface area contributed by atoms with Crippen LogP contribution in [0.3, 0.4) is 0 Å². The summed E-state index contributed by atoms with van der Waals surface area (Å²) >= 11 is 0. The summed E-state index contributed by atoms with van der Waals surface area (Å²) in [5.41, 5.74) is -0.493. The Hall–Kier alpha value is -2.42. The van der Waals surface area contributed by atoms with Gasteiger partial charge in [-0.05, 0) is 24.8 Å². The third-order valence-corrected chi connectivity index (χ3v) is 7.55.